The Bertz CT molecular complexity index is 410. The lowest BCUT2D eigenvalue weighted by Crippen LogP contribution is -2.34. The Hall–Kier alpha value is -0.940. The third kappa shape index (κ3) is 3.28. The Morgan fingerprint density at radius 2 is 2.06 bits per heavy atom. The first kappa shape index (κ1) is 13.1. The summed E-state index contributed by atoms with van der Waals surface area (Å²) in [6, 6.07) is 4.74. The van der Waals surface area contributed by atoms with Gasteiger partial charge in [-0.1, -0.05) is 6.07 Å². The summed E-state index contributed by atoms with van der Waals surface area (Å²) in [5, 5.41) is 0. The minimum Gasteiger partial charge on any atom is -0.308 e. The summed E-state index contributed by atoms with van der Waals surface area (Å²) in [4.78, 5) is 4.38. The second-order valence-electron chi connectivity index (χ2n) is 4.38. The number of nitrogens with two attached hydrogens (primary N) is 1. The second kappa shape index (κ2) is 4.93. The summed E-state index contributed by atoms with van der Waals surface area (Å²) < 4.78 is 13.7. The van der Waals surface area contributed by atoms with Crippen molar-refractivity contribution in [2.24, 2.45) is 10.8 Å². The van der Waals surface area contributed by atoms with Gasteiger partial charge in [-0.3, -0.25) is 4.99 Å². The van der Waals surface area contributed by atoms with Gasteiger partial charge in [-0.15, -0.1) is 0 Å². The molecule has 0 bridgehead atoms. The van der Waals surface area contributed by atoms with Crippen LogP contribution in [0.15, 0.2) is 27.7 Å². The summed E-state index contributed by atoms with van der Waals surface area (Å²) in [6.07, 6.45) is 0. The van der Waals surface area contributed by atoms with Gasteiger partial charge in [-0.05, 0) is 48.8 Å². The number of hydrogen-bond acceptors (Lipinski definition) is 2. The van der Waals surface area contributed by atoms with E-state index in [1.165, 1.54) is 6.07 Å². The van der Waals surface area contributed by atoms with Crippen molar-refractivity contribution in [3.05, 3.63) is 34.1 Å². The van der Waals surface area contributed by atoms with Crippen molar-refractivity contribution in [2.45, 2.75) is 26.3 Å². The molecule has 0 fully saturated rings. The van der Waals surface area contributed by atoms with E-state index in [4.69, 9.17) is 5.84 Å². The SMILES string of the molecule is CC(C)(C)N=C(NN)c1cccc(F)c1Br. The molecule has 0 radical (unpaired) electrons. The van der Waals surface area contributed by atoms with Crippen LogP contribution in [0, 0.1) is 5.82 Å². The predicted octanol–water partition coefficient (Wildman–Crippen LogP) is 2.60. The molecule has 0 unspecified atom stereocenters. The Balaban J connectivity index is 3.25. The molecule has 0 heterocycles. The van der Waals surface area contributed by atoms with Gasteiger partial charge >= 0.3 is 0 Å². The van der Waals surface area contributed by atoms with E-state index in [2.05, 4.69) is 26.3 Å². The number of benzene rings is 1. The van der Waals surface area contributed by atoms with E-state index < -0.39 is 0 Å². The van der Waals surface area contributed by atoms with Crippen LogP contribution < -0.4 is 11.3 Å². The number of amidine groups is 1. The normalized spacial score (nSPS) is 12.8. The predicted molar refractivity (Wildman–Crippen MR) is 67.7 cm³/mol. The number of nitrogens with one attached hydrogen (secondary N) is 1. The minimum atomic E-state index is -0.339. The first-order valence-corrected chi connectivity index (χ1v) is 5.65. The maximum atomic E-state index is 13.3. The first-order valence-electron chi connectivity index (χ1n) is 4.86. The van der Waals surface area contributed by atoms with Gasteiger partial charge in [0.1, 0.15) is 11.7 Å². The Morgan fingerprint density at radius 1 is 1.44 bits per heavy atom. The van der Waals surface area contributed by atoms with Gasteiger partial charge in [0.2, 0.25) is 0 Å². The summed E-state index contributed by atoms with van der Waals surface area (Å²) in [5.41, 5.74) is 2.82. The zero-order valence-corrected chi connectivity index (χ0v) is 11.1. The van der Waals surface area contributed by atoms with Crippen LogP contribution in [-0.4, -0.2) is 11.4 Å². The molecule has 0 aliphatic carbocycles. The molecule has 1 aromatic rings. The maximum Gasteiger partial charge on any atom is 0.144 e. The smallest absolute Gasteiger partial charge is 0.144 e. The highest BCUT2D eigenvalue weighted by molar-refractivity contribution is 9.10. The molecule has 0 aliphatic heterocycles. The van der Waals surface area contributed by atoms with Crippen LogP contribution >= 0.6 is 15.9 Å². The number of halogens is 2. The molecule has 3 N–H and O–H groups in total. The minimum absolute atomic E-state index is 0.284. The highest BCUT2D eigenvalue weighted by atomic mass is 79.9. The number of hydrogen-bond donors (Lipinski definition) is 2. The van der Waals surface area contributed by atoms with Gasteiger partial charge in [0, 0.05) is 5.56 Å². The fourth-order valence-corrected chi connectivity index (χ4v) is 1.64. The van der Waals surface area contributed by atoms with Crippen molar-refractivity contribution in [3.63, 3.8) is 0 Å². The molecule has 0 amide bonds. The summed E-state index contributed by atoms with van der Waals surface area (Å²) in [7, 11) is 0. The topological polar surface area (TPSA) is 50.4 Å². The summed E-state index contributed by atoms with van der Waals surface area (Å²) in [6.45, 7) is 5.83. The summed E-state index contributed by atoms with van der Waals surface area (Å²) >= 11 is 3.18. The van der Waals surface area contributed by atoms with E-state index in [9.17, 15) is 4.39 Å². The van der Waals surface area contributed by atoms with Crippen molar-refractivity contribution in [2.75, 3.05) is 0 Å². The van der Waals surface area contributed by atoms with Gasteiger partial charge in [0.15, 0.2) is 0 Å². The Labute approximate surface area is 103 Å². The third-order valence-electron chi connectivity index (χ3n) is 1.79. The van der Waals surface area contributed by atoms with E-state index in [0.29, 0.717) is 15.9 Å². The molecular weight excluding hydrogens is 273 g/mol. The molecule has 1 aromatic carbocycles. The van der Waals surface area contributed by atoms with Crippen molar-refractivity contribution >= 4 is 21.8 Å². The second-order valence-corrected chi connectivity index (χ2v) is 5.17. The zero-order chi connectivity index (χ0) is 12.3. The van der Waals surface area contributed by atoms with Crippen molar-refractivity contribution in [3.8, 4) is 0 Å². The average Bonchev–Trinajstić information content (AvgIpc) is 2.18. The highest BCUT2D eigenvalue weighted by Crippen LogP contribution is 2.21. The van der Waals surface area contributed by atoms with Gasteiger partial charge in [0.25, 0.3) is 0 Å². The molecule has 1 rings (SSSR count). The molecule has 0 atom stereocenters. The number of aliphatic imine (C=N–C) groups is 1. The molecule has 88 valence electrons. The molecule has 0 aliphatic rings. The first-order chi connectivity index (χ1) is 7.35. The Kier molecular flexibility index (Phi) is 4.04. The maximum absolute atomic E-state index is 13.3. The molecule has 5 heteroatoms. The molecule has 0 spiro atoms. The lowest BCUT2D eigenvalue weighted by Gasteiger charge is -2.16. The lowest BCUT2D eigenvalue weighted by molar-refractivity contribution is 0.579. The molecule has 0 saturated carbocycles. The molecule has 0 aromatic heterocycles. The fourth-order valence-electron chi connectivity index (χ4n) is 1.19. The van der Waals surface area contributed by atoms with Crippen molar-refractivity contribution in [1.29, 1.82) is 0 Å². The van der Waals surface area contributed by atoms with Crippen LogP contribution in [0.1, 0.15) is 26.3 Å². The van der Waals surface area contributed by atoms with Crippen LogP contribution in [-0.2, 0) is 0 Å². The van der Waals surface area contributed by atoms with E-state index in [0.717, 1.165) is 0 Å². The Morgan fingerprint density at radius 3 is 2.56 bits per heavy atom. The monoisotopic (exact) mass is 287 g/mol. The number of hydrazine groups is 1. The standard InChI is InChI=1S/C11H15BrFN3/c1-11(2,3)15-10(16-14)7-5-4-6-8(13)9(7)12/h4-6H,14H2,1-3H3,(H,15,16). The van der Waals surface area contributed by atoms with E-state index in [-0.39, 0.29) is 11.4 Å². The van der Waals surface area contributed by atoms with Gasteiger partial charge in [-0.2, -0.15) is 0 Å². The zero-order valence-electron chi connectivity index (χ0n) is 9.51. The molecule has 0 saturated heterocycles. The van der Waals surface area contributed by atoms with Crippen LogP contribution in [0.5, 0.6) is 0 Å². The third-order valence-corrected chi connectivity index (χ3v) is 2.60. The lowest BCUT2D eigenvalue weighted by atomic mass is 10.1. The molecule has 3 nitrogen and oxygen atoms in total. The van der Waals surface area contributed by atoms with Gasteiger partial charge in [0.05, 0.1) is 10.0 Å². The number of nitrogens with zero attached hydrogens (tertiary/aromatic N) is 1. The summed E-state index contributed by atoms with van der Waals surface area (Å²) in [5.74, 6) is 5.53. The molecule has 16 heavy (non-hydrogen) atoms. The quantitative estimate of drug-likeness (QED) is 0.361. The van der Waals surface area contributed by atoms with E-state index in [1.807, 2.05) is 20.8 Å². The highest BCUT2D eigenvalue weighted by Gasteiger charge is 2.14. The van der Waals surface area contributed by atoms with Crippen molar-refractivity contribution in [1.82, 2.24) is 5.43 Å². The van der Waals surface area contributed by atoms with Crippen LogP contribution in [0.25, 0.3) is 0 Å². The van der Waals surface area contributed by atoms with Crippen molar-refractivity contribution < 1.29 is 4.39 Å². The average molecular weight is 288 g/mol. The van der Waals surface area contributed by atoms with E-state index >= 15 is 0 Å². The van der Waals surface area contributed by atoms with Gasteiger partial charge < -0.3 is 5.43 Å². The van der Waals surface area contributed by atoms with E-state index in [1.54, 1.807) is 12.1 Å². The van der Waals surface area contributed by atoms with Gasteiger partial charge in [-0.25, -0.2) is 10.2 Å². The van der Waals surface area contributed by atoms with Crippen LogP contribution in [0.3, 0.4) is 0 Å². The molecular formula is C11H15BrFN3. The largest absolute Gasteiger partial charge is 0.308 e. The number of rotatable bonds is 1. The van der Waals surface area contributed by atoms with Crippen LogP contribution in [0.4, 0.5) is 4.39 Å². The van der Waals surface area contributed by atoms with Crippen LogP contribution in [0.2, 0.25) is 0 Å². The fraction of sp³-hybridized carbons (Fsp3) is 0.364.